The average molecular weight is 461 g/mol. The molecule has 7 nitrogen and oxygen atoms in total. The number of pyridine rings is 1. The molecule has 0 saturated heterocycles. The van der Waals surface area contributed by atoms with E-state index in [9.17, 15) is 4.79 Å². The molecule has 0 saturated carbocycles. The standard InChI is InChI=1S/C22H17BrN6O/c23-20-6-1-3-15(26-20)11-12-19(30)14-7-9-16(10-8-14)27-21-17-4-2-5-18(17)28-22-24-13-25-29(21)22/h1,3,6-13,27H,2,4-5H2/b12-11+. The van der Waals surface area contributed by atoms with E-state index in [0.717, 1.165) is 46.8 Å². The molecular weight excluding hydrogens is 444 g/mol. The number of nitrogens with zero attached hydrogens (tertiary/aromatic N) is 5. The second-order valence-corrected chi connectivity index (χ2v) is 7.81. The normalized spacial score (nSPS) is 13.1. The number of fused-ring (bicyclic) bond motifs is 2. The molecule has 0 bridgehead atoms. The highest BCUT2D eigenvalue weighted by Crippen LogP contribution is 2.30. The Hall–Kier alpha value is -3.39. The molecule has 0 amide bonds. The van der Waals surface area contributed by atoms with Crippen molar-refractivity contribution >= 4 is 45.1 Å². The lowest BCUT2D eigenvalue weighted by molar-refractivity contribution is 0.104. The van der Waals surface area contributed by atoms with E-state index in [-0.39, 0.29) is 5.78 Å². The Morgan fingerprint density at radius 1 is 1.10 bits per heavy atom. The van der Waals surface area contributed by atoms with Crippen molar-refractivity contribution in [2.24, 2.45) is 0 Å². The maximum absolute atomic E-state index is 12.5. The first kappa shape index (κ1) is 18.6. The summed E-state index contributed by atoms with van der Waals surface area (Å²) in [5.74, 6) is 1.41. The Labute approximate surface area is 181 Å². The van der Waals surface area contributed by atoms with Crippen molar-refractivity contribution in [3.05, 3.63) is 82.0 Å². The summed E-state index contributed by atoms with van der Waals surface area (Å²) < 4.78 is 2.47. The molecule has 1 aromatic carbocycles. The first-order chi connectivity index (χ1) is 14.7. The fourth-order valence-electron chi connectivity index (χ4n) is 3.58. The van der Waals surface area contributed by atoms with Crippen molar-refractivity contribution in [2.75, 3.05) is 5.32 Å². The van der Waals surface area contributed by atoms with Gasteiger partial charge in [0, 0.05) is 16.8 Å². The number of anilines is 2. The van der Waals surface area contributed by atoms with Crippen LogP contribution in [0.15, 0.2) is 59.5 Å². The molecule has 1 aliphatic rings. The number of hydrogen-bond acceptors (Lipinski definition) is 6. The molecule has 0 aliphatic heterocycles. The Morgan fingerprint density at radius 3 is 2.80 bits per heavy atom. The van der Waals surface area contributed by atoms with Crippen LogP contribution in [0.4, 0.5) is 11.5 Å². The second kappa shape index (κ2) is 7.79. The van der Waals surface area contributed by atoms with Gasteiger partial charge in [-0.3, -0.25) is 4.79 Å². The van der Waals surface area contributed by atoms with Gasteiger partial charge in [0.1, 0.15) is 16.7 Å². The van der Waals surface area contributed by atoms with Crippen LogP contribution in [0.1, 0.15) is 33.7 Å². The minimum absolute atomic E-state index is 0.0770. The fraction of sp³-hybridized carbons (Fsp3) is 0.136. The summed E-state index contributed by atoms with van der Waals surface area (Å²) in [4.78, 5) is 25.6. The van der Waals surface area contributed by atoms with Crippen LogP contribution in [-0.4, -0.2) is 30.3 Å². The van der Waals surface area contributed by atoms with Crippen LogP contribution in [0.3, 0.4) is 0 Å². The number of rotatable bonds is 5. The molecule has 148 valence electrons. The Morgan fingerprint density at radius 2 is 1.97 bits per heavy atom. The van der Waals surface area contributed by atoms with Crippen molar-refractivity contribution in [1.29, 1.82) is 0 Å². The number of aromatic nitrogens is 5. The lowest BCUT2D eigenvalue weighted by atomic mass is 10.1. The zero-order chi connectivity index (χ0) is 20.5. The van der Waals surface area contributed by atoms with Gasteiger partial charge in [-0.15, -0.1) is 0 Å². The zero-order valence-electron chi connectivity index (χ0n) is 15.9. The van der Waals surface area contributed by atoms with Gasteiger partial charge in [0.05, 0.1) is 11.4 Å². The van der Waals surface area contributed by atoms with Crippen LogP contribution in [0, 0.1) is 0 Å². The van der Waals surface area contributed by atoms with E-state index in [2.05, 4.69) is 41.3 Å². The van der Waals surface area contributed by atoms with Crippen LogP contribution in [0.2, 0.25) is 0 Å². The molecule has 8 heteroatoms. The van der Waals surface area contributed by atoms with Gasteiger partial charge in [-0.1, -0.05) is 6.07 Å². The predicted octanol–water partition coefficient (Wildman–Crippen LogP) is 4.41. The molecule has 1 N–H and O–H groups in total. The van der Waals surface area contributed by atoms with Gasteiger partial charge in [0.2, 0.25) is 0 Å². The quantitative estimate of drug-likeness (QED) is 0.269. The lowest BCUT2D eigenvalue weighted by Crippen LogP contribution is -2.07. The van der Waals surface area contributed by atoms with Crippen molar-refractivity contribution < 1.29 is 4.79 Å². The summed E-state index contributed by atoms with van der Waals surface area (Å²) >= 11 is 3.33. The molecule has 4 aromatic rings. The second-order valence-electron chi connectivity index (χ2n) is 7.00. The number of carbonyl (C=O) groups excluding carboxylic acids is 1. The summed E-state index contributed by atoms with van der Waals surface area (Å²) in [7, 11) is 0. The van der Waals surface area contributed by atoms with Gasteiger partial charge in [-0.25, -0.2) is 9.97 Å². The number of hydrogen-bond donors (Lipinski definition) is 1. The maximum atomic E-state index is 12.5. The number of ketones is 1. The predicted molar refractivity (Wildman–Crippen MR) is 118 cm³/mol. The van der Waals surface area contributed by atoms with Gasteiger partial charge in [0.15, 0.2) is 5.78 Å². The van der Waals surface area contributed by atoms with E-state index >= 15 is 0 Å². The number of halogens is 1. The monoisotopic (exact) mass is 460 g/mol. The first-order valence-corrected chi connectivity index (χ1v) is 10.4. The van der Waals surface area contributed by atoms with Gasteiger partial charge < -0.3 is 5.32 Å². The Bertz CT molecular complexity index is 1280. The van der Waals surface area contributed by atoms with Crippen LogP contribution in [0.25, 0.3) is 11.9 Å². The summed E-state index contributed by atoms with van der Waals surface area (Å²) in [6, 6.07) is 13.0. The van der Waals surface area contributed by atoms with Crippen molar-refractivity contribution in [1.82, 2.24) is 24.6 Å². The van der Waals surface area contributed by atoms with Crippen molar-refractivity contribution in [3.8, 4) is 0 Å². The van der Waals surface area contributed by atoms with E-state index in [4.69, 9.17) is 0 Å². The molecule has 0 radical (unpaired) electrons. The SMILES string of the molecule is O=C(/C=C/c1cccc(Br)n1)c1ccc(Nc2c3c(nc4ncnn24)CCC3)cc1. The number of benzene rings is 1. The highest BCUT2D eigenvalue weighted by Gasteiger charge is 2.21. The van der Waals surface area contributed by atoms with E-state index in [1.54, 1.807) is 10.6 Å². The van der Waals surface area contributed by atoms with Crippen LogP contribution >= 0.6 is 15.9 Å². The largest absolute Gasteiger partial charge is 0.340 e. The molecule has 3 aromatic heterocycles. The molecule has 0 atom stereocenters. The van der Waals surface area contributed by atoms with E-state index < -0.39 is 0 Å². The fourth-order valence-corrected chi connectivity index (χ4v) is 3.94. The van der Waals surface area contributed by atoms with E-state index in [1.165, 1.54) is 18.0 Å². The van der Waals surface area contributed by atoms with Crippen LogP contribution in [-0.2, 0) is 12.8 Å². The molecule has 5 rings (SSSR count). The molecule has 0 unspecified atom stereocenters. The van der Waals surface area contributed by atoms with Gasteiger partial charge in [-0.2, -0.15) is 14.6 Å². The summed E-state index contributed by atoms with van der Waals surface area (Å²) in [6.07, 6.45) is 7.76. The van der Waals surface area contributed by atoms with Crippen molar-refractivity contribution in [2.45, 2.75) is 19.3 Å². The Balaban J connectivity index is 1.37. The molecular formula is C22H17BrN6O. The van der Waals surface area contributed by atoms with E-state index in [1.807, 2.05) is 42.5 Å². The summed E-state index contributed by atoms with van der Waals surface area (Å²) in [5, 5.41) is 7.74. The topological polar surface area (TPSA) is 85.1 Å². The highest BCUT2D eigenvalue weighted by atomic mass is 79.9. The first-order valence-electron chi connectivity index (χ1n) is 9.61. The third-order valence-corrected chi connectivity index (χ3v) is 5.47. The van der Waals surface area contributed by atoms with Gasteiger partial charge in [-0.05, 0) is 83.7 Å². The minimum Gasteiger partial charge on any atom is -0.340 e. The number of aryl methyl sites for hydroxylation is 1. The molecule has 0 spiro atoms. The highest BCUT2D eigenvalue weighted by molar-refractivity contribution is 9.10. The third kappa shape index (κ3) is 3.61. The van der Waals surface area contributed by atoms with E-state index in [0.29, 0.717) is 11.3 Å². The Kier molecular flexibility index (Phi) is 4.84. The number of carbonyl (C=O) groups is 1. The van der Waals surface area contributed by atoms with Crippen LogP contribution < -0.4 is 5.32 Å². The zero-order valence-corrected chi connectivity index (χ0v) is 17.5. The number of allylic oxidation sites excluding steroid dienone is 1. The molecule has 1 aliphatic carbocycles. The summed E-state index contributed by atoms with van der Waals surface area (Å²) in [5.41, 5.74) is 4.46. The van der Waals surface area contributed by atoms with Gasteiger partial charge >= 0.3 is 0 Å². The van der Waals surface area contributed by atoms with Crippen LogP contribution in [0.5, 0.6) is 0 Å². The molecule has 0 fully saturated rings. The smallest absolute Gasteiger partial charge is 0.254 e. The minimum atomic E-state index is -0.0770. The third-order valence-electron chi connectivity index (χ3n) is 5.03. The average Bonchev–Trinajstić information content (AvgIpc) is 3.42. The summed E-state index contributed by atoms with van der Waals surface area (Å²) in [6.45, 7) is 0. The number of nitrogens with one attached hydrogen (secondary N) is 1. The molecule has 30 heavy (non-hydrogen) atoms. The lowest BCUT2D eigenvalue weighted by Gasteiger charge is -2.12. The maximum Gasteiger partial charge on any atom is 0.254 e. The van der Waals surface area contributed by atoms with Crippen molar-refractivity contribution in [3.63, 3.8) is 0 Å². The molecule has 3 heterocycles. The van der Waals surface area contributed by atoms with Gasteiger partial charge in [0.25, 0.3) is 5.78 Å².